The molecule has 0 aliphatic heterocycles. The van der Waals surface area contributed by atoms with Gasteiger partial charge in [0.1, 0.15) is 5.82 Å². The first-order valence-corrected chi connectivity index (χ1v) is 8.74. The zero-order chi connectivity index (χ0) is 18.6. The molecule has 0 saturated heterocycles. The highest BCUT2D eigenvalue weighted by atomic mass is 16.3. The summed E-state index contributed by atoms with van der Waals surface area (Å²) in [5.41, 5.74) is 3.73. The third-order valence-corrected chi connectivity index (χ3v) is 4.14. The molecule has 0 saturated carbocycles. The lowest BCUT2D eigenvalue weighted by atomic mass is 10.2. The molecule has 0 aliphatic carbocycles. The van der Waals surface area contributed by atoms with Crippen LogP contribution in [0.15, 0.2) is 60.8 Å². The SMILES string of the molecule is Cc1ccc(Nc2nc(NCCO)nc3c2cnn3-c2ccccc2)cc1. The first-order chi connectivity index (χ1) is 13.2. The lowest BCUT2D eigenvalue weighted by Gasteiger charge is -2.11. The lowest BCUT2D eigenvalue weighted by Crippen LogP contribution is -2.10. The molecule has 0 unspecified atom stereocenters. The second kappa shape index (κ2) is 7.43. The molecular weight excluding hydrogens is 340 g/mol. The van der Waals surface area contributed by atoms with Crippen LogP contribution in [0.3, 0.4) is 0 Å². The summed E-state index contributed by atoms with van der Waals surface area (Å²) in [6.07, 6.45) is 1.76. The van der Waals surface area contributed by atoms with E-state index in [4.69, 9.17) is 5.11 Å². The summed E-state index contributed by atoms with van der Waals surface area (Å²) in [4.78, 5) is 9.16. The number of para-hydroxylation sites is 1. The average molecular weight is 360 g/mol. The van der Waals surface area contributed by atoms with Gasteiger partial charge in [-0.2, -0.15) is 15.1 Å². The zero-order valence-electron chi connectivity index (χ0n) is 14.9. The van der Waals surface area contributed by atoms with Crippen LogP contribution < -0.4 is 10.6 Å². The van der Waals surface area contributed by atoms with Crippen molar-refractivity contribution in [2.75, 3.05) is 23.8 Å². The highest BCUT2D eigenvalue weighted by Gasteiger charge is 2.14. The number of aliphatic hydroxyl groups excluding tert-OH is 1. The number of hydrogen-bond acceptors (Lipinski definition) is 6. The quantitative estimate of drug-likeness (QED) is 0.489. The van der Waals surface area contributed by atoms with Crippen molar-refractivity contribution in [2.45, 2.75) is 6.92 Å². The van der Waals surface area contributed by atoms with E-state index in [1.165, 1.54) is 5.56 Å². The van der Waals surface area contributed by atoms with Crippen LogP contribution in [0.5, 0.6) is 0 Å². The molecule has 0 aliphatic rings. The Hall–Kier alpha value is -3.45. The van der Waals surface area contributed by atoms with Gasteiger partial charge in [0.2, 0.25) is 5.95 Å². The summed E-state index contributed by atoms with van der Waals surface area (Å²) in [7, 11) is 0. The first kappa shape index (κ1) is 17.0. The molecule has 4 rings (SSSR count). The molecule has 2 heterocycles. The Kier molecular flexibility index (Phi) is 4.67. The summed E-state index contributed by atoms with van der Waals surface area (Å²) >= 11 is 0. The summed E-state index contributed by atoms with van der Waals surface area (Å²) in [5, 5.41) is 20.8. The summed E-state index contributed by atoms with van der Waals surface area (Å²) in [6, 6.07) is 17.9. The zero-order valence-corrected chi connectivity index (χ0v) is 14.9. The Bertz CT molecular complexity index is 1040. The maximum Gasteiger partial charge on any atom is 0.226 e. The molecule has 0 radical (unpaired) electrons. The van der Waals surface area contributed by atoms with Gasteiger partial charge >= 0.3 is 0 Å². The number of rotatable bonds is 6. The van der Waals surface area contributed by atoms with Gasteiger partial charge in [0, 0.05) is 12.2 Å². The maximum atomic E-state index is 9.11. The van der Waals surface area contributed by atoms with Crippen LogP contribution in [0.4, 0.5) is 17.5 Å². The summed E-state index contributed by atoms with van der Waals surface area (Å²) in [5.74, 6) is 1.09. The van der Waals surface area contributed by atoms with Crippen LogP contribution in [0, 0.1) is 6.92 Å². The fraction of sp³-hybridized carbons (Fsp3) is 0.150. The third-order valence-electron chi connectivity index (χ3n) is 4.14. The molecule has 0 bridgehead atoms. The van der Waals surface area contributed by atoms with Crippen molar-refractivity contribution in [3.63, 3.8) is 0 Å². The van der Waals surface area contributed by atoms with Crippen molar-refractivity contribution in [3.8, 4) is 5.69 Å². The van der Waals surface area contributed by atoms with Gasteiger partial charge in [0.05, 0.1) is 23.9 Å². The molecule has 7 nitrogen and oxygen atoms in total. The minimum atomic E-state index is 0.0000678. The maximum absolute atomic E-state index is 9.11. The number of benzene rings is 2. The standard InChI is InChI=1S/C20H20N6O/c1-14-7-9-15(10-8-14)23-18-17-13-22-26(16-5-3-2-4-6-16)19(17)25-20(24-18)21-11-12-27/h2-10,13,27H,11-12H2,1H3,(H2,21,23,24,25). The second-order valence-electron chi connectivity index (χ2n) is 6.17. The fourth-order valence-electron chi connectivity index (χ4n) is 2.78. The van der Waals surface area contributed by atoms with Gasteiger partial charge in [-0.3, -0.25) is 0 Å². The van der Waals surface area contributed by atoms with E-state index in [-0.39, 0.29) is 6.61 Å². The van der Waals surface area contributed by atoms with Gasteiger partial charge in [-0.15, -0.1) is 0 Å². The fourth-order valence-corrected chi connectivity index (χ4v) is 2.78. The molecular formula is C20H20N6O. The van der Waals surface area contributed by atoms with Crippen LogP contribution in [-0.4, -0.2) is 38.0 Å². The van der Waals surface area contributed by atoms with Crippen molar-refractivity contribution in [3.05, 3.63) is 66.4 Å². The van der Waals surface area contributed by atoms with E-state index in [2.05, 4.69) is 25.7 Å². The molecule has 0 spiro atoms. The Balaban J connectivity index is 1.81. The predicted molar refractivity (Wildman–Crippen MR) is 107 cm³/mol. The van der Waals surface area contributed by atoms with E-state index in [0.29, 0.717) is 24.0 Å². The van der Waals surface area contributed by atoms with Gasteiger partial charge in [-0.05, 0) is 31.2 Å². The number of nitrogens with one attached hydrogen (secondary N) is 2. The van der Waals surface area contributed by atoms with Crippen molar-refractivity contribution >= 4 is 28.5 Å². The highest BCUT2D eigenvalue weighted by Crippen LogP contribution is 2.27. The molecule has 7 heteroatoms. The molecule has 2 aromatic carbocycles. The molecule has 136 valence electrons. The van der Waals surface area contributed by atoms with Gasteiger partial charge in [-0.25, -0.2) is 4.68 Å². The predicted octanol–water partition coefficient (Wildman–Crippen LogP) is 3.27. The Morgan fingerprint density at radius 3 is 2.52 bits per heavy atom. The lowest BCUT2D eigenvalue weighted by molar-refractivity contribution is 0.311. The summed E-state index contributed by atoms with van der Waals surface area (Å²) < 4.78 is 1.78. The van der Waals surface area contributed by atoms with Crippen molar-refractivity contribution in [1.29, 1.82) is 0 Å². The smallest absolute Gasteiger partial charge is 0.226 e. The molecule has 27 heavy (non-hydrogen) atoms. The highest BCUT2D eigenvalue weighted by molar-refractivity contribution is 5.90. The molecule has 0 amide bonds. The van der Waals surface area contributed by atoms with E-state index in [9.17, 15) is 0 Å². The van der Waals surface area contributed by atoms with Crippen LogP contribution in [0.2, 0.25) is 0 Å². The van der Waals surface area contributed by atoms with E-state index in [1.807, 2.05) is 61.5 Å². The van der Waals surface area contributed by atoms with Crippen LogP contribution in [0.25, 0.3) is 16.7 Å². The molecule has 4 aromatic rings. The number of anilines is 3. The van der Waals surface area contributed by atoms with E-state index in [0.717, 1.165) is 16.8 Å². The largest absolute Gasteiger partial charge is 0.395 e. The number of aromatic nitrogens is 4. The minimum Gasteiger partial charge on any atom is -0.395 e. The van der Waals surface area contributed by atoms with Gasteiger partial charge in [-0.1, -0.05) is 35.9 Å². The molecule has 2 aromatic heterocycles. The normalized spacial score (nSPS) is 10.9. The monoisotopic (exact) mass is 360 g/mol. The Labute approximate surface area is 156 Å². The van der Waals surface area contributed by atoms with Crippen LogP contribution in [0.1, 0.15) is 5.56 Å². The van der Waals surface area contributed by atoms with Crippen LogP contribution >= 0.6 is 0 Å². The molecule has 0 atom stereocenters. The third kappa shape index (κ3) is 3.58. The minimum absolute atomic E-state index is 0.0000678. The number of aryl methyl sites for hydroxylation is 1. The van der Waals surface area contributed by atoms with E-state index < -0.39 is 0 Å². The average Bonchev–Trinajstić information content (AvgIpc) is 3.13. The second-order valence-corrected chi connectivity index (χ2v) is 6.17. The Morgan fingerprint density at radius 1 is 1.00 bits per heavy atom. The molecule has 0 fully saturated rings. The van der Waals surface area contributed by atoms with Gasteiger partial charge in [0.15, 0.2) is 5.65 Å². The van der Waals surface area contributed by atoms with Gasteiger partial charge in [0.25, 0.3) is 0 Å². The molecule has 3 N–H and O–H groups in total. The number of aliphatic hydroxyl groups is 1. The number of hydrogen-bond donors (Lipinski definition) is 3. The number of nitrogens with zero attached hydrogens (tertiary/aromatic N) is 4. The summed E-state index contributed by atoms with van der Waals surface area (Å²) in [6.45, 7) is 2.42. The van der Waals surface area contributed by atoms with Crippen molar-refractivity contribution < 1.29 is 5.11 Å². The Morgan fingerprint density at radius 2 is 1.78 bits per heavy atom. The topological polar surface area (TPSA) is 87.9 Å². The van der Waals surface area contributed by atoms with E-state index >= 15 is 0 Å². The number of fused-ring (bicyclic) bond motifs is 1. The van der Waals surface area contributed by atoms with Crippen LogP contribution in [-0.2, 0) is 0 Å². The first-order valence-electron chi connectivity index (χ1n) is 8.74. The van der Waals surface area contributed by atoms with E-state index in [1.54, 1.807) is 10.9 Å². The van der Waals surface area contributed by atoms with Crippen molar-refractivity contribution in [1.82, 2.24) is 19.7 Å². The van der Waals surface area contributed by atoms with Crippen molar-refractivity contribution in [2.24, 2.45) is 0 Å². The van der Waals surface area contributed by atoms with Gasteiger partial charge < -0.3 is 15.7 Å².